The third-order valence-electron chi connectivity index (χ3n) is 2.78. The first kappa shape index (κ1) is 14.4. The fourth-order valence-corrected chi connectivity index (χ4v) is 1.89. The molecule has 0 radical (unpaired) electrons. The molecule has 0 aromatic heterocycles. The summed E-state index contributed by atoms with van der Waals surface area (Å²) in [6.07, 6.45) is 0. The Morgan fingerprint density at radius 1 is 1.10 bits per heavy atom. The van der Waals surface area contributed by atoms with Gasteiger partial charge < -0.3 is 5.32 Å². The predicted octanol–water partition coefficient (Wildman–Crippen LogP) is 3.68. The number of nitrogens with one attached hydrogen (secondary N) is 1. The summed E-state index contributed by atoms with van der Waals surface area (Å²) >= 11 is 5.78. The molecule has 0 aliphatic rings. The van der Waals surface area contributed by atoms with Crippen LogP contribution in [0.1, 0.15) is 11.1 Å². The van der Waals surface area contributed by atoms with E-state index in [9.17, 15) is 14.5 Å². The largest absolute Gasteiger partial charge is 0.309 e. The van der Waals surface area contributed by atoms with Crippen molar-refractivity contribution >= 4 is 17.3 Å². The van der Waals surface area contributed by atoms with Crippen LogP contribution in [0.2, 0.25) is 5.02 Å². The minimum Gasteiger partial charge on any atom is -0.309 e. The molecule has 0 aliphatic heterocycles. The monoisotopic (exact) mass is 294 g/mol. The van der Waals surface area contributed by atoms with Crippen LogP contribution in [0.5, 0.6) is 0 Å². The highest BCUT2D eigenvalue weighted by Crippen LogP contribution is 2.18. The van der Waals surface area contributed by atoms with Gasteiger partial charge >= 0.3 is 5.69 Å². The van der Waals surface area contributed by atoms with Gasteiger partial charge in [0.1, 0.15) is 0 Å². The van der Waals surface area contributed by atoms with E-state index < -0.39 is 16.4 Å². The zero-order valence-corrected chi connectivity index (χ0v) is 11.2. The Morgan fingerprint density at radius 2 is 1.70 bits per heavy atom. The van der Waals surface area contributed by atoms with Gasteiger partial charge in [-0.15, -0.1) is 0 Å². The third-order valence-corrected chi connectivity index (χ3v) is 3.03. The van der Waals surface area contributed by atoms with E-state index in [1.165, 1.54) is 18.2 Å². The molecule has 2 rings (SSSR count). The first-order chi connectivity index (χ1) is 9.56. The van der Waals surface area contributed by atoms with E-state index in [-0.39, 0.29) is 0 Å². The molecule has 0 saturated carbocycles. The van der Waals surface area contributed by atoms with Gasteiger partial charge in [0, 0.05) is 24.2 Å². The fourth-order valence-electron chi connectivity index (χ4n) is 1.76. The van der Waals surface area contributed by atoms with Crippen molar-refractivity contribution in [3.05, 3.63) is 74.5 Å². The van der Waals surface area contributed by atoms with Crippen LogP contribution in [0.25, 0.3) is 0 Å². The Balaban J connectivity index is 1.92. The van der Waals surface area contributed by atoms with E-state index in [2.05, 4.69) is 5.32 Å². The molecule has 2 aromatic rings. The highest BCUT2D eigenvalue weighted by Gasteiger charge is 2.13. The molecule has 0 spiro atoms. The molecule has 0 amide bonds. The van der Waals surface area contributed by atoms with Crippen LogP contribution in [-0.2, 0) is 13.1 Å². The highest BCUT2D eigenvalue weighted by molar-refractivity contribution is 6.30. The van der Waals surface area contributed by atoms with E-state index in [4.69, 9.17) is 11.6 Å². The number of nitro benzene ring substituents is 1. The lowest BCUT2D eigenvalue weighted by Gasteiger charge is -2.05. The zero-order chi connectivity index (χ0) is 14.5. The van der Waals surface area contributed by atoms with Gasteiger partial charge in [-0.25, -0.2) is 0 Å². The predicted molar refractivity (Wildman–Crippen MR) is 75.1 cm³/mol. The molecule has 0 bridgehead atoms. The van der Waals surface area contributed by atoms with E-state index >= 15 is 0 Å². The number of rotatable bonds is 5. The van der Waals surface area contributed by atoms with Crippen LogP contribution < -0.4 is 5.32 Å². The molecule has 6 heteroatoms. The summed E-state index contributed by atoms with van der Waals surface area (Å²) in [5.41, 5.74) is 1.20. The number of nitro groups is 1. The maximum Gasteiger partial charge on any atom is 0.304 e. The first-order valence-electron chi connectivity index (χ1n) is 5.94. The number of nitrogens with zero attached hydrogens (tertiary/aromatic N) is 1. The molecule has 0 atom stereocenters. The lowest BCUT2D eigenvalue weighted by molar-refractivity contribution is -0.387. The molecule has 4 nitrogen and oxygen atoms in total. The molecule has 104 valence electrons. The molecule has 0 fully saturated rings. The van der Waals surface area contributed by atoms with Crippen molar-refractivity contribution in [2.75, 3.05) is 0 Å². The summed E-state index contributed by atoms with van der Waals surface area (Å²) in [4.78, 5) is 9.76. The second kappa shape index (κ2) is 6.45. The first-order valence-corrected chi connectivity index (χ1v) is 6.32. The molecule has 20 heavy (non-hydrogen) atoms. The molecule has 2 aromatic carbocycles. The Hall–Kier alpha value is -1.98. The van der Waals surface area contributed by atoms with Gasteiger partial charge in [-0.3, -0.25) is 10.1 Å². The van der Waals surface area contributed by atoms with E-state index in [1.807, 2.05) is 12.1 Å². The molecule has 1 N–H and O–H groups in total. The summed E-state index contributed by atoms with van der Waals surface area (Å²) in [5, 5.41) is 14.3. The van der Waals surface area contributed by atoms with Gasteiger partial charge in [0.05, 0.1) is 4.92 Å². The quantitative estimate of drug-likeness (QED) is 0.676. The molecule has 0 saturated heterocycles. The van der Waals surface area contributed by atoms with Crippen LogP contribution in [0.4, 0.5) is 10.1 Å². The summed E-state index contributed by atoms with van der Waals surface area (Å²) in [5.74, 6) is -0.819. The Labute approximate surface area is 120 Å². The van der Waals surface area contributed by atoms with Gasteiger partial charge in [-0.05, 0) is 29.3 Å². The van der Waals surface area contributed by atoms with Crippen molar-refractivity contribution in [3.8, 4) is 0 Å². The Morgan fingerprint density at radius 3 is 2.30 bits per heavy atom. The molecule has 0 aliphatic carbocycles. The fraction of sp³-hybridized carbons (Fsp3) is 0.143. The molecular weight excluding hydrogens is 283 g/mol. The van der Waals surface area contributed by atoms with Crippen molar-refractivity contribution in [3.63, 3.8) is 0 Å². The third kappa shape index (κ3) is 3.76. The SMILES string of the molecule is O=[N+]([O-])c1ccc(CNCc2ccc(Cl)cc2)cc1F. The van der Waals surface area contributed by atoms with Crippen LogP contribution in [0.3, 0.4) is 0 Å². The van der Waals surface area contributed by atoms with Crippen molar-refractivity contribution in [1.29, 1.82) is 0 Å². The maximum atomic E-state index is 13.4. The van der Waals surface area contributed by atoms with Gasteiger partial charge in [-0.2, -0.15) is 4.39 Å². The van der Waals surface area contributed by atoms with Crippen molar-refractivity contribution < 1.29 is 9.31 Å². The number of benzene rings is 2. The van der Waals surface area contributed by atoms with Crippen LogP contribution in [0.15, 0.2) is 42.5 Å². The maximum absolute atomic E-state index is 13.4. The molecule has 0 unspecified atom stereocenters. The van der Waals surface area contributed by atoms with Gasteiger partial charge in [0.25, 0.3) is 0 Å². The number of halogens is 2. The minimum atomic E-state index is -0.819. The lowest BCUT2D eigenvalue weighted by Crippen LogP contribution is -2.12. The smallest absolute Gasteiger partial charge is 0.304 e. The van der Waals surface area contributed by atoms with Crippen molar-refractivity contribution in [2.24, 2.45) is 0 Å². The highest BCUT2D eigenvalue weighted by atomic mass is 35.5. The standard InChI is InChI=1S/C14H12ClFN2O2/c15-12-4-1-10(2-5-12)8-17-9-11-3-6-14(18(19)20)13(16)7-11/h1-7,17H,8-9H2. The van der Waals surface area contributed by atoms with Gasteiger partial charge in [0.15, 0.2) is 0 Å². The molecular formula is C14H12ClFN2O2. The summed E-state index contributed by atoms with van der Waals surface area (Å²) < 4.78 is 13.4. The Kier molecular flexibility index (Phi) is 4.65. The second-order valence-corrected chi connectivity index (χ2v) is 4.71. The summed E-state index contributed by atoms with van der Waals surface area (Å²) in [6.45, 7) is 1.04. The topological polar surface area (TPSA) is 55.2 Å². The second-order valence-electron chi connectivity index (χ2n) is 4.27. The van der Waals surface area contributed by atoms with Crippen molar-refractivity contribution in [2.45, 2.75) is 13.1 Å². The Bertz CT molecular complexity index is 617. The summed E-state index contributed by atoms with van der Waals surface area (Å²) in [6, 6.07) is 11.3. The lowest BCUT2D eigenvalue weighted by atomic mass is 10.2. The van der Waals surface area contributed by atoms with Crippen molar-refractivity contribution in [1.82, 2.24) is 5.32 Å². The van der Waals surface area contributed by atoms with Gasteiger partial charge in [-0.1, -0.05) is 29.8 Å². The van der Waals surface area contributed by atoms with Gasteiger partial charge in [0.2, 0.25) is 5.82 Å². The minimum absolute atomic E-state index is 0.428. The van der Waals surface area contributed by atoms with E-state index in [1.54, 1.807) is 12.1 Å². The summed E-state index contributed by atoms with van der Waals surface area (Å²) in [7, 11) is 0. The van der Waals surface area contributed by atoms with E-state index in [0.29, 0.717) is 23.7 Å². The van der Waals surface area contributed by atoms with Crippen LogP contribution >= 0.6 is 11.6 Å². The average molecular weight is 295 g/mol. The van der Waals surface area contributed by atoms with Crippen LogP contribution in [0, 0.1) is 15.9 Å². The van der Waals surface area contributed by atoms with Crippen LogP contribution in [-0.4, -0.2) is 4.92 Å². The zero-order valence-electron chi connectivity index (χ0n) is 10.5. The van der Waals surface area contributed by atoms with E-state index in [0.717, 1.165) is 5.56 Å². The normalized spacial score (nSPS) is 10.5. The number of hydrogen-bond acceptors (Lipinski definition) is 3. The number of hydrogen-bond donors (Lipinski definition) is 1. The average Bonchev–Trinajstić information content (AvgIpc) is 2.41. The molecule has 0 heterocycles.